The van der Waals surface area contributed by atoms with Crippen molar-refractivity contribution in [2.24, 2.45) is 0 Å². The molecule has 2 aromatic rings. The van der Waals surface area contributed by atoms with Crippen LogP contribution >= 0.6 is 11.6 Å². The van der Waals surface area contributed by atoms with Gasteiger partial charge in [-0.1, -0.05) is 41.9 Å². The zero-order valence-corrected chi connectivity index (χ0v) is 15.8. The first kappa shape index (κ1) is 18.2. The Bertz CT molecular complexity index is 654. The molecule has 0 aromatic heterocycles. The molecular weight excluding hydrogens is 332 g/mol. The van der Waals surface area contributed by atoms with Gasteiger partial charge in [0.15, 0.2) is 0 Å². The van der Waals surface area contributed by atoms with Gasteiger partial charge in [0, 0.05) is 11.4 Å². The summed E-state index contributed by atoms with van der Waals surface area (Å²) < 4.78 is 6.13. The summed E-state index contributed by atoms with van der Waals surface area (Å²) in [7, 11) is 0. The van der Waals surface area contributed by atoms with Crippen LogP contribution in [0, 0.1) is 0 Å². The van der Waals surface area contributed by atoms with Gasteiger partial charge in [-0.15, -0.1) is 0 Å². The number of rotatable bonds is 7. The molecule has 0 radical (unpaired) electrons. The third-order valence-electron chi connectivity index (χ3n) is 5.14. The first-order valence-electron chi connectivity index (χ1n) is 9.37. The zero-order valence-electron chi connectivity index (χ0n) is 15.1. The van der Waals surface area contributed by atoms with Crippen LogP contribution in [0.2, 0.25) is 5.02 Å². The predicted molar refractivity (Wildman–Crippen MR) is 103 cm³/mol. The molecule has 1 fully saturated rings. The summed E-state index contributed by atoms with van der Waals surface area (Å²) in [5.74, 6) is 0.963. The summed E-state index contributed by atoms with van der Waals surface area (Å²) in [5, 5.41) is 0.766. The minimum Gasteiger partial charge on any atom is -0.487 e. The SMILES string of the molecule is CC[NH+]1CC[NH+](CCOc2ccc(Cl)cc2Cc2ccccc2)CC1. The molecule has 1 heterocycles. The maximum atomic E-state index is 6.20. The van der Waals surface area contributed by atoms with Gasteiger partial charge >= 0.3 is 0 Å². The van der Waals surface area contributed by atoms with E-state index in [0.717, 1.165) is 35.9 Å². The Balaban J connectivity index is 1.55. The van der Waals surface area contributed by atoms with E-state index in [0.29, 0.717) is 0 Å². The van der Waals surface area contributed by atoms with E-state index in [1.165, 1.54) is 38.3 Å². The molecule has 1 aliphatic heterocycles. The zero-order chi connectivity index (χ0) is 17.5. The molecule has 0 atom stereocenters. The van der Waals surface area contributed by atoms with Crippen molar-refractivity contribution in [3.8, 4) is 5.75 Å². The van der Waals surface area contributed by atoms with Crippen molar-refractivity contribution >= 4 is 11.6 Å². The van der Waals surface area contributed by atoms with Crippen LogP contribution in [0.5, 0.6) is 5.75 Å². The van der Waals surface area contributed by atoms with Crippen molar-refractivity contribution in [3.05, 3.63) is 64.7 Å². The van der Waals surface area contributed by atoms with Crippen LogP contribution in [-0.4, -0.2) is 45.9 Å². The standard InChI is InChI=1S/C21H27ClN2O/c1-2-23-10-12-24(13-11-23)14-15-25-21-9-8-20(22)17-19(21)16-18-6-4-3-5-7-18/h3-9,17H,2,10-16H2,1H3/p+2. The average molecular weight is 361 g/mol. The van der Waals surface area contributed by atoms with Gasteiger partial charge in [0.05, 0.1) is 6.54 Å². The Morgan fingerprint density at radius 1 is 0.960 bits per heavy atom. The lowest BCUT2D eigenvalue weighted by molar-refractivity contribution is -1.01. The van der Waals surface area contributed by atoms with Gasteiger partial charge in [-0.2, -0.15) is 0 Å². The van der Waals surface area contributed by atoms with Crippen molar-refractivity contribution in [2.45, 2.75) is 13.3 Å². The van der Waals surface area contributed by atoms with Gasteiger partial charge in [-0.05, 0) is 36.2 Å². The smallest absolute Gasteiger partial charge is 0.137 e. The van der Waals surface area contributed by atoms with E-state index in [1.54, 1.807) is 9.80 Å². The summed E-state index contributed by atoms with van der Waals surface area (Å²) in [5.41, 5.74) is 2.44. The number of hydrogen-bond acceptors (Lipinski definition) is 1. The first-order chi connectivity index (χ1) is 12.2. The molecule has 134 valence electrons. The molecular formula is C21H29ClN2O+2. The number of benzene rings is 2. The van der Waals surface area contributed by atoms with Crippen molar-refractivity contribution < 1.29 is 14.5 Å². The third kappa shape index (κ3) is 5.46. The van der Waals surface area contributed by atoms with Gasteiger partial charge in [0.1, 0.15) is 45.1 Å². The topological polar surface area (TPSA) is 18.1 Å². The quantitative estimate of drug-likeness (QED) is 0.757. The van der Waals surface area contributed by atoms with Gasteiger partial charge in [0.2, 0.25) is 0 Å². The second-order valence-corrected chi connectivity index (χ2v) is 7.30. The molecule has 1 aliphatic rings. The molecule has 2 N–H and O–H groups in total. The van der Waals surface area contributed by atoms with E-state index in [1.807, 2.05) is 24.3 Å². The number of hydrogen-bond donors (Lipinski definition) is 2. The summed E-state index contributed by atoms with van der Waals surface area (Å²) in [6, 6.07) is 16.4. The number of ether oxygens (including phenoxy) is 1. The highest BCUT2D eigenvalue weighted by Gasteiger charge is 2.21. The molecule has 3 rings (SSSR count). The molecule has 1 saturated heterocycles. The van der Waals surface area contributed by atoms with Gasteiger partial charge in [0.25, 0.3) is 0 Å². The highest BCUT2D eigenvalue weighted by Crippen LogP contribution is 2.25. The molecule has 3 nitrogen and oxygen atoms in total. The normalized spacial score (nSPS) is 20.4. The third-order valence-corrected chi connectivity index (χ3v) is 5.37. The number of likely N-dealkylation sites (N-methyl/N-ethyl adjacent to an activating group) is 1. The average Bonchev–Trinajstić information content (AvgIpc) is 2.65. The lowest BCUT2D eigenvalue weighted by atomic mass is 10.0. The molecule has 0 unspecified atom stereocenters. The van der Waals surface area contributed by atoms with Crippen LogP contribution in [0.25, 0.3) is 0 Å². The second-order valence-electron chi connectivity index (χ2n) is 6.87. The van der Waals surface area contributed by atoms with Gasteiger partial charge in [-0.25, -0.2) is 0 Å². The van der Waals surface area contributed by atoms with Crippen LogP contribution in [0.1, 0.15) is 18.1 Å². The van der Waals surface area contributed by atoms with Crippen molar-refractivity contribution in [1.82, 2.24) is 0 Å². The highest BCUT2D eigenvalue weighted by atomic mass is 35.5. The summed E-state index contributed by atoms with van der Waals surface area (Å²) in [4.78, 5) is 3.39. The van der Waals surface area contributed by atoms with E-state index < -0.39 is 0 Å². The highest BCUT2D eigenvalue weighted by molar-refractivity contribution is 6.30. The molecule has 2 aromatic carbocycles. The molecule has 0 aliphatic carbocycles. The summed E-state index contributed by atoms with van der Waals surface area (Å²) >= 11 is 6.20. The van der Waals surface area contributed by atoms with Crippen LogP contribution in [0.15, 0.2) is 48.5 Å². The van der Waals surface area contributed by atoms with Crippen LogP contribution in [0.3, 0.4) is 0 Å². The maximum Gasteiger partial charge on any atom is 0.137 e. The molecule has 0 spiro atoms. The van der Waals surface area contributed by atoms with E-state index in [9.17, 15) is 0 Å². The van der Waals surface area contributed by atoms with Gasteiger partial charge < -0.3 is 14.5 Å². The number of nitrogens with one attached hydrogen (secondary N) is 2. The fourth-order valence-electron chi connectivity index (χ4n) is 3.51. The van der Waals surface area contributed by atoms with E-state index in [2.05, 4.69) is 31.2 Å². The summed E-state index contributed by atoms with van der Waals surface area (Å²) in [6.45, 7) is 10.4. The van der Waals surface area contributed by atoms with E-state index >= 15 is 0 Å². The Morgan fingerprint density at radius 3 is 2.40 bits per heavy atom. The molecule has 0 amide bonds. The minimum atomic E-state index is 0.764. The van der Waals surface area contributed by atoms with Gasteiger partial charge in [-0.3, -0.25) is 0 Å². The number of piperazine rings is 1. The maximum absolute atomic E-state index is 6.20. The van der Waals surface area contributed by atoms with E-state index in [4.69, 9.17) is 16.3 Å². The van der Waals surface area contributed by atoms with Crippen molar-refractivity contribution in [1.29, 1.82) is 0 Å². The monoisotopic (exact) mass is 360 g/mol. The van der Waals surface area contributed by atoms with E-state index in [-0.39, 0.29) is 0 Å². The Hall–Kier alpha value is -1.55. The summed E-state index contributed by atoms with van der Waals surface area (Å²) in [6.07, 6.45) is 0.849. The van der Waals surface area contributed by atoms with Crippen molar-refractivity contribution in [3.63, 3.8) is 0 Å². The Labute approximate surface area is 156 Å². The van der Waals surface area contributed by atoms with Crippen LogP contribution in [0.4, 0.5) is 0 Å². The predicted octanol–water partition coefficient (Wildman–Crippen LogP) is 1.11. The molecule has 4 heteroatoms. The Kier molecular flexibility index (Phi) is 6.74. The van der Waals surface area contributed by atoms with Crippen LogP contribution < -0.4 is 14.5 Å². The minimum absolute atomic E-state index is 0.764. The molecule has 25 heavy (non-hydrogen) atoms. The lowest BCUT2D eigenvalue weighted by Crippen LogP contribution is -3.28. The first-order valence-corrected chi connectivity index (χ1v) is 9.74. The second kappa shape index (κ2) is 9.23. The lowest BCUT2D eigenvalue weighted by Gasteiger charge is -2.28. The largest absolute Gasteiger partial charge is 0.487 e. The van der Waals surface area contributed by atoms with Crippen LogP contribution in [-0.2, 0) is 6.42 Å². The molecule has 0 bridgehead atoms. The molecule has 0 saturated carbocycles. The Morgan fingerprint density at radius 2 is 1.68 bits per heavy atom. The number of halogens is 1. The fourth-order valence-corrected chi connectivity index (χ4v) is 3.70. The fraction of sp³-hybridized carbons (Fsp3) is 0.429. The van der Waals surface area contributed by atoms with Crippen molar-refractivity contribution in [2.75, 3.05) is 45.9 Å². The number of quaternary nitrogens is 2.